The van der Waals surface area contributed by atoms with Gasteiger partial charge in [0.1, 0.15) is 6.54 Å². The molecule has 0 radical (unpaired) electrons. The fourth-order valence-corrected chi connectivity index (χ4v) is 1.96. The van der Waals surface area contributed by atoms with Gasteiger partial charge in [-0.25, -0.2) is 0 Å². The Labute approximate surface area is 83.1 Å². The first kappa shape index (κ1) is 11.4. The van der Waals surface area contributed by atoms with Gasteiger partial charge < -0.3 is 5.11 Å². The van der Waals surface area contributed by atoms with Crippen LogP contribution in [0.1, 0.15) is 12.8 Å². The summed E-state index contributed by atoms with van der Waals surface area (Å²) in [5, 5.41) is 8.31. The van der Waals surface area contributed by atoms with Crippen molar-refractivity contribution in [2.75, 3.05) is 20.1 Å². The minimum Gasteiger partial charge on any atom is -0.480 e. The van der Waals surface area contributed by atoms with Gasteiger partial charge in [-0.15, -0.1) is 0 Å². The van der Waals surface area contributed by atoms with Crippen LogP contribution in [-0.4, -0.2) is 43.9 Å². The van der Waals surface area contributed by atoms with E-state index in [1.165, 1.54) is 7.05 Å². The van der Waals surface area contributed by atoms with E-state index in [2.05, 4.69) is 0 Å². The second kappa shape index (κ2) is 4.24. The summed E-state index contributed by atoms with van der Waals surface area (Å²) in [6.07, 6.45) is 2.11. The van der Waals surface area contributed by atoms with Gasteiger partial charge in [-0.3, -0.25) is 4.79 Å². The molecule has 0 aromatic heterocycles. The Balaban J connectivity index is 2.41. The molecule has 82 valence electrons. The maximum absolute atomic E-state index is 11.3. The molecule has 1 rings (SSSR count). The Morgan fingerprint density at radius 1 is 1.57 bits per heavy atom. The van der Waals surface area contributed by atoms with Gasteiger partial charge in [0, 0.05) is 13.6 Å². The Kier molecular flexibility index (Phi) is 3.46. The van der Waals surface area contributed by atoms with Crippen LogP contribution in [0.5, 0.6) is 0 Å². The van der Waals surface area contributed by atoms with Crippen molar-refractivity contribution in [3.8, 4) is 0 Å². The smallest absolute Gasteiger partial charge is 0.318 e. The third-order valence-electron chi connectivity index (χ3n) is 2.03. The van der Waals surface area contributed by atoms with E-state index in [9.17, 15) is 13.2 Å². The van der Waals surface area contributed by atoms with Gasteiger partial charge in [-0.05, 0) is 18.8 Å². The highest BCUT2D eigenvalue weighted by molar-refractivity contribution is 7.87. The Hall–Kier alpha value is -0.660. The van der Waals surface area contributed by atoms with Crippen LogP contribution in [0.2, 0.25) is 0 Å². The molecule has 0 unspecified atom stereocenters. The minimum atomic E-state index is -3.61. The van der Waals surface area contributed by atoms with Gasteiger partial charge in [-0.1, -0.05) is 0 Å². The van der Waals surface area contributed by atoms with Crippen LogP contribution in [-0.2, 0) is 15.0 Å². The first-order valence-corrected chi connectivity index (χ1v) is 5.78. The molecule has 7 heteroatoms. The van der Waals surface area contributed by atoms with Crippen molar-refractivity contribution < 1.29 is 18.3 Å². The van der Waals surface area contributed by atoms with E-state index >= 15 is 0 Å². The van der Waals surface area contributed by atoms with Crippen molar-refractivity contribution in [2.45, 2.75) is 12.8 Å². The highest BCUT2D eigenvalue weighted by atomic mass is 32.2. The van der Waals surface area contributed by atoms with E-state index in [4.69, 9.17) is 5.11 Å². The number of carboxylic acid groups (broad SMARTS) is 1. The van der Waals surface area contributed by atoms with E-state index in [0.29, 0.717) is 12.5 Å². The average Bonchev–Trinajstić information content (AvgIpc) is 2.85. The molecule has 1 aliphatic carbocycles. The predicted molar refractivity (Wildman–Crippen MR) is 49.9 cm³/mol. The number of hydrogen-bond acceptors (Lipinski definition) is 3. The van der Waals surface area contributed by atoms with E-state index in [1.54, 1.807) is 0 Å². The van der Waals surface area contributed by atoms with E-state index in [0.717, 1.165) is 17.1 Å². The summed E-state index contributed by atoms with van der Waals surface area (Å²) in [7, 11) is -2.16. The molecule has 0 heterocycles. The maximum Gasteiger partial charge on any atom is 0.318 e. The highest BCUT2D eigenvalue weighted by Crippen LogP contribution is 2.29. The van der Waals surface area contributed by atoms with E-state index < -0.39 is 22.7 Å². The summed E-state index contributed by atoms with van der Waals surface area (Å²) in [4.78, 5) is 10.2. The molecule has 0 aromatic carbocycles. The van der Waals surface area contributed by atoms with Crippen molar-refractivity contribution in [3.05, 3.63) is 0 Å². The van der Waals surface area contributed by atoms with Crippen LogP contribution in [0.3, 0.4) is 0 Å². The zero-order chi connectivity index (χ0) is 10.8. The lowest BCUT2D eigenvalue weighted by Gasteiger charge is -2.16. The highest BCUT2D eigenvalue weighted by Gasteiger charge is 2.28. The van der Waals surface area contributed by atoms with Crippen LogP contribution in [0.4, 0.5) is 0 Å². The second-order valence-electron chi connectivity index (χ2n) is 3.44. The van der Waals surface area contributed by atoms with Crippen molar-refractivity contribution >= 4 is 16.2 Å². The van der Waals surface area contributed by atoms with Crippen LogP contribution >= 0.6 is 0 Å². The zero-order valence-corrected chi connectivity index (χ0v) is 8.75. The molecule has 1 aliphatic rings. The number of nitrogens with zero attached hydrogens (tertiary/aromatic N) is 1. The largest absolute Gasteiger partial charge is 0.480 e. The standard InChI is InChI=1S/C7H14N2O4S/c1-9(5-6-2-3-6)14(12,13)8-4-7(10)11/h6,8H,2-5H2,1H3,(H,10,11). The predicted octanol–water partition coefficient (Wildman–Crippen LogP) is -0.753. The lowest BCUT2D eigenvalue weighted by Crippen LogP contribution is -2.41. The molecule has 6 nitrogen and oxygen atoms in total. The Bertz CT molecular complexity index is 310. The van der Waals surface area contributed by atoms with Crippen molar-refractivity contribution in [2.24, 2.45) is 5.92 Å². The summed E-state index contributed by atoms with van der Waals surface area (Å²) in [5.41, 5.74) is 0. The Morgan fingerprint density at radius 2 is 2.14 bits per heavy atom. The maximum atomic E-state index is 11.3. The average molecular weight is 222 g/mol. The minimum absolute atomic E-state index is 0.446. The monoisotopic (exact) mass is 222 g/mol. The second-order valence-corrected chi connectivity index (χ2v) is 5.31. The number of rotatable bonds is 6. The fraction of sp³-hybridized carbons (Fsp3) is 0.857. The Morgan fingerprint density at radius 3 is 2.57 bits per heavy atom. The topological polar surface area (TPSA) is 86.7 Å². The lowest BCUT2D eigenvalue weighted by molar-refractivity contribution is -0.135. The number of carbonyl (C=O) groups is 1. The van der Waals surface area contributed by atoms with Crippen molar-refractivity contribution in [3.63, 3.8) is 0 Å². The molecule has 0 saturated heterocycles. The molecule has 1 fully saturated rings. The first-order valence-electron chi connectivity index (χ1n) is 4.34. The molecular formula is C7H14N2O4S. The normalized spacial score (nSPS) is 17.3. The summed E-state index contributed by atoms with van der Waals surface area (Å²) < 4.78 is 25.8. The van der Waals surface area contributed by atoms with Gasteiger partial charge in [-0.2, -0.15) is 17.4 Å². The molecule has 0 atom stereocenters. The van der Waals surface area contributed by atoms with Crippen LogP contribution in [0.25, 0.3) is 0 Å². The van der Waals surface area contributed by atoms with Crippen LogP contribution in [0, 0.1) is 5.92 Å². The van der Waals surface area contributed by atoms with Gasteiger partial charge in [0.25, 0.3) is 10.2 Å². The lowest BCUT2D eigenvalue weighted by atomic mass is 10.4. The summed E-state index contributed by atoms with van der Waals surface area (Å²) in [6, 6.07) is 0. The number of aliphatic carboxylic acids is 1. The molecule has 0 amide bonds. The molecule has 2 N–H and O–H groups in total. The summed E-state index contributed by atoms with van der Waals surface area (Å²) in [5.74, 6) is -0.741. The summed E-state index contributed by atoms with van der Waals surface area (Å²) >= 11 is 0. The number of nitrogens with one attached hydrogen (secondary N) is 1. The molecule has 0 aliphatic heterocycles. The van der Waals surface area contributed by atoms with Crippen molar-refractivity contribution in [1.82, 2.24) is 9.03 Å². The number of hydrogen-bond donors (Lipinski definition) is 2. The van der Waals surface area contributed by atoms with E-state index in [-0.39, 0.29) is 0 Å². The van der Waals surface area contributed by atoms with Gasteiger partial charge in [0.2, 0.25) is 0 Å². The molecule has 0 bridgehead atoms. The van der Waals surface area contributed by atoms with Crippen molar-refractivity contribution in [1.29, 1.82) is 0 Å². The third kappa shape index (κ3) is 3.60. The molecule has 14 heavy (non-hydrogen) atoms. The first-order chi connectivity index (χ1) is 6.42. The zero-order valence-electron chi connectivity index (χ0n) is 7.93. The van der Waals surface area contributed by atoms with E-state index in [1.807, 2.05) is 4.72 Å². The van der Waals surface area contributed by atoms with Gasteiger partial charge in [0.15, 0.2) is 0 Å². The van der Waals surface area contributed by atoms with Crippen LogP contribution in [0.15, 0.2) is 0 Å². The fourth-order valence-electron chi connectivity index (χ4n) is 1.03. The molecule has 1 saturated carbocycles. The van der Waals surface area contributed by atoms with Gasteiger partial charge in [0.05, 0.1) is 0 Å². The molecular weight excluding hydrogens is 208 g/mol. The van der Waals surface area contributed by atoms with Crippen LogP contribution < -0.4 is 4.72 Å². The van der Waals surface area contributed by atoms with Gasteiger partial charge >= 0.3 is 5.97 Å². The quantitative estimate of drug-likeness (QED) is 0.619. The SMILES string of the molecule is CN(CC1CC1)S(=O)(=O)NCC(=O)O. The molecule has 0 spiro atoms. The third-order valence-corrected chi connectivity index (χ3v) is 3.51. The summed E-state index contributed by atoms with van der Waals surface area (Å²) in [6.45, 7) is -0.105. The number of carboxylic acids is 1. The molecule has 0 aromatic rings.